The predicted molar refractivity (Wildman–Crippen MR) is 102 cm³/mol. The van der Waals surface area contributed by atoms with Gasteiger partial charge in [-0.15, -0.1) is 0 Å². The molecule has 1 aliphatic heterocycles. The highest BCUT2D eigenvalue weighted by Gasteiger charge is 2.21. The Morgan fingerprint density at radius 1 is 1.12 bits per heavy atom. The van der Waals surface area contributed by atoms with Crippen molar-refractivity contribution in [2.75, 3.05) is 56.0 Å². The van der Waals surface area contributed by atoms with Crippen molar-refractivity contribution in [3.63, 3.8) is 0 Å². The second-order valence-corrected chi connectivity index (χ2v) is 6.43. The fourth-order valence-corrected chi connectivity index (χ4v) is 3.26. The molecule has 0 bridgehead atoms. The molecule has 1 aromatic rings. The summed E-state index contributed by atoms with van der Waals surface area (Å²) in [5.74, 6) is 0. The monoisotopic (exact) mass is 332 g/mol. The van der Waals surface area contributed by atoms with E-state index in [0.29, 0.717) is 0 Å². The molecule has 1 N–H and O–H groups in total. The third kappa shape index (κ3) is 4.63. The largest absolute Gasteiger partial charge is 0.372 e. The number of benzene rings is 1. The molecule has 0 unspecified atom stereocenters. The van der Waals surface area contributed by atoms with Crippen LogP contribution >= 0.6 is 0 Å². The second-order valence-electron chi connectivity index (χ2n) is 6.43. The van der Waals surface area contributed by atoms with E-state index in [4.69, 9.17) is 0 Å². The van der Waals surface area contributed by atoms with Crippen LogP contribution in [0.25, 0.3) is 0 Å². The van der Waals surface area contributed by atoms with Gasteiger partial charge in [0.2, 0.25) is 0 Å². The maximum absolute atomic E-state index is 12.5. The van der Waals surface area contributed by atoms with Crippen LogP contribution in [0.1, 0.15) is 32.8 Å². The van der Waals surface area contributed by atoms with Gasteiger partial charge in [0, 0.05) is 50.6 Å². The van der Waals surface area contributed by atoms with Crippen LogP contribution in [-0.2, 0) is 0 Å². The van der Waals surface area contributed by atoms with Gasteiger partial charge >= 0.3 is 6.03 Å². The number of amides is 2. The molecule has 1 aliphatic rings. The summed E-state index contributed by atoms with van der Waals surface area (Å²) >= 11 is 0. The van der Waals surface area contributed by atoms with Crippen LogP contribution in [0.4, 0.5) is 16.2 Å². The zero-order valence-corrected chi connectivity index (χ0v) is 15.6. The van der Waals surface area contributed by atoms with E-state index >= 15 is 0 Å². The van der Waals surface area contributed by atoms with Crippen molar-refractivity contribution in [1.82, 2.24) is 9.80 Å². The number of piperazine rings is 1. The van der Waals surface area contributed by atoms with Gasteiger partial charge in [-0.3, -0.25) is 4.90 Å². The van der Waals surface area contributed by atoms with Crippen LogP contribution < -0.4 is 10.2 Å². The number of nitrogens with zero attached hydrogens (tertiary/aromatic N) is 3. The maximum atomic E-state index is 12.5. The smallest absolute Gasteiger partial charge is 0.321 e. The number of rotatable bonds is 6. The first-order valence-corrected chi connectivity index (χ1v) is 9.22. The average Bonchev–Trinajstić information content (AvgIpc) is 2.59. The molecule has 1 aromatic carbocycles. The lowest BCUT2D eigenvalue weighted by Crippen LogP contribution is -2.50. The van der Waals surface area contributed by atoms with Crippen LogP contribution in [0.5, 0.6) is 0 Å². The number of aryl methyl sites for hydroxylation is 1. The lowest BCUT2D eigenvalue weighted by atomic mass is 10.1. The molecule has 5 heteroatoms. The minimum atomic E-state index is 0.0184. The number of carbonyl (C=O) groups is 1. The van der Waals surface area contributed by atoms with Gasteiger partial charge < -0.3 is 15.1 Å². The SMILES string of the molecule is CCCN1CCN(C(=O)Nc2ccc(N(CC)CC)cc2C)CC1. The second kappa shape index (κ2) is 8.92. The van der Waals surface area contributed by atoms with Gasteiger partial charge in [-0.2, -0.15) is 0 Å². The van der Waals surface area contributed by atoms with E-state index in [0.717, 1.165) is 57.1 Å². The van der Waals surface area contributed by atoms with Crippen LogP contribution in [0.15, 0.2) is 18.2 Å². The van der Waals surface area contributed by atoms with E-state index in [1.54, 1.807) is 0 Å². The molecule has 2 rings (SSSR count). The first kappa shape index (κ1) is 18.6. The molecule has 0 aromatic heterocycles. The number of anilines is 2. The highest BCUT2D eigenvalue weighted by Crippen LogP contribution is 2.23. The Hall–Kier alpha value is -1.75. The average molecular weight is 332 g/mol. The molecule has 2 amide bonds. The fourth-order valence-electron chi connectivity index (χ4n) is 3.26. The van der Waals surface area contributed by atoms with E-state index in [1.165, 1.54) is 12.1 Å². The maximum Gasteiger partial charge on any atom is 0.321 e. The van der Waals surface area contributed by atoms with Crippen molar-refractivity contribution in [3.05, 3.63) is 23.8 Å². The summed E-state index contributed by atoms with van der Waals surface area (Å²) in [7, 11) is 0. The molecule has 0 spiro atoms. The summed E-state index contributed by atoms with van der Waals surface area (Å²) in [5, 5.41) is 3.08. The molecule has 0 saturated carbocycles. The molecule has 1 fully saturated rings. The Morgan fingerprint density at radius 3 is 2.33 bits per heavy atom. The van der Waals surface area contributed by atoms with Gasteiger partial charge in [0.05, 0.1) is 0 Å². The molecule has 134 valence electrons. The van der Waals surface area contributed by atoms with Gasteiger partial charge in [0.1, 0.15) is 0 Å². The standard InChI is InChI=1S/C19H32N4O/c1-5-10-21-11-13-23(14-12-21)19(24)20-18-9-8-17(15-16(18)4)22(6-2)7-3/h8-9,15H,5-7,10-14H2,1-4H3,(H,20,24). The number of hydrogen-bond acceptors (Lipinski definition) is 3. The Morgan fingerprint density at radius 2 is 1.79 bits per heavy atom. The predicted octanol–water partition coefficient (Wildman–Crippen LogP) is 3.40. The van der Waals surface area contributed by atoms with Crippen LogP contribution in [0, 0.1) is 6.92 Å². The van der Waals surface area contributed by atoms with Gasteiger partial charge in [-0.05, 0) is 57.5 Å². The molecule has 0 atom stereocenters. The molecule has 0 radical (unpaired) electrons. The van der Waals surface area contributed by atoms with E-state index in [2.05, 4.69) is 54.9 Å². The highest BCUT2D eigenvalue weighted by molar-refractivity contribution is 5.90. The van der Waals surface area contributed by atoms with Crippen molar-refractivity contribution < 1.29 is 4.79 Å². The van der Waals surface area contributed by atoms with Crippen molar-refractivity contribution in [1.29, 1.82) is 0 Å². The zero-order chi connectivity index (χ0) is 17.5. The number of hydrogen-bond donors (Lipinski definition) is 1. The first-order chi connectivity index (χ1) is 11.6. The van der Waals surface area contributed by atoms with E-state index in [1.807, 2.05) is 11.0 Å². The van der Waals surface area contributed by atoms with Crippen molar-refractivity contribution in [2.24, 2.45) is 0 Å². The summed E-state index contributed by atoms with van der Waals surface area (Å²) in [5.41, 5.74) is 3.23. The zero-order valence-electron chi connectivity index (χ0n) is 15.6. The van der Waals surface area contributed by atoms with E-state index in [9.17, 15) is 4.79 Å². The Bertz CT molecular complexity index is 534. The molecule has 24 heavy (non-hydrogen) atoms. The Balaban J connectivity index is 1.95. The quantitative estimate of drug-likeness (QED) is 0.868. The highest BCUT2D eigenvalue weighted by atomic mass is 16.2. The van der Waals surface area contributed by atoms with Gasteiger partial charge in [-0.1, -0.05) is 6.92 Å². The van der Waals surface area contributed by atoms with Crippen molar-refractivity contribution in [2.45, 2.75) is 34.1 Å². The summed E-state index contributed by atoms with van der Waals surface area (Å²) in [4.78, 5) is 19.2. The molecule has 0 aliphatic carbocycles. The van der Waals surface area contributed by atoms with Crippen molar-refractivity contribution in [3.8, 4) is 0 Å². The topological polar surface area (TPSA) is 38.8 Å². The number of nitrogens with one attached hydrogen (secondary N) is 1. The molecule has 1 saturated heterocycles. The Labute approximate surface area is 146 Å². The molecular weight excluding hydrogens is 300 g/mol. The summed E-state index contributed by atoms with van der Waals surface area (Å²) in [6, 6.07) is 6.29. The van der Waals surface area contributed by atoms with Gasteiger partial charge in [0.15, 0.2) is 0 Å². The number of carbonyl (C=O) groups excluding carboxylic acids is 1. The van der Waals surface area contributed by atoms with Gasteiger partial charge in [0.25, 0.3) is 0 Å². The van der Waals surface area contributed by atoms with Crippen LogP contribution in [0.3, 0.4) is 0 Å². The molecule has 5 nitrogen and oxygen atoms in total. The first-order valence-electron chi connectivity index (χ1n) is 9.22. The minimum Gasteiger partial charge on any atom is -0.372 e. The van der Waals surface area contributed by atoms with Crippen LogP contribution in [-0.4, -0.2) is 61.6 Å². The number of urea groups is 1. The third-order valence-electron chi connectivity index (χ3n) is 4.78. The van der Waals surface area contributed by atoms with Crippen LogP contribution in [0.2, 0.25) is 0 Å². The van der Waals surface area contributed by atoms with E-state index < -0.39 is 0 Å². The summed E-state index contributed by atoms with van der Waals surface area (Å²) in [6.07, 6.45) is 1.17. The normalized spacial score (nSPS) is 15.4. The molecular formula is C19H32N4O. The van der Waals surface area contributed by atoms with Crippen molar-refractivity contribution >= 4 is 17.4 Å². The summed E-state index contributed by atoms with van der Waals surface area (Å²) < 4.78 is 0. The van der Waals surface area contributed by atoms with E-state index in [-0.39, 0.29) is 6.03 Å². The minimum absolute atomic E-state index is 0.0184. The summed E-state index contributed by atoms with van der Waals surface area (Å²) in [6.45, 7) is 15.2. The lowest BCUT2D eigenvalue weighted by molar-refractivity contribution is 0.147. The van der Waals surface area contributed by atoms with Gasteiger partial charge in [-0.25, -0.2) is 4.79 Å². The third-order valence-corrected chi connectivity index (χ3v) is 4.78. The Kier molecular flexibility index (Phi) is 6.91. The lowest BCUT2D eigenvalue weighted by Gasteiger charge is -2.34. The molecule has 1 heterocycles. The fraction of sp³-hybridized carbons (Fsp3) is 0.632.